The number of carbonyl (C=O) groups excluding carboxylic acids is 1. The Kier molecular flexibility index (Phi) is 5.16. The third-order valence-electron chi connectivity index (χ3n) is 5.22. The lowest BCUT2D eigenvalue weighted by atomic mass is 10.0. The van der Waals surface area contributed by atoms with Gasteiger partial charge in [-0.25, -0.2) is 4.52 Å². The highest BCUT2D eigenvalue weighted by atomic mass is 16.2. The first-order valence-corrected chi connectivity index (χ1v) is 9.88. The second kappa shape index (κ2) is 7.91. The summed E-state index contributed by atoms with van der Waals surface area (Å²) in [6.45, 7) is 4.08. The van der Waals surface area contributed by atoms with Crippen molar-refractivity contribution in [3.63, 3.8) is 0 Å². The average Bonchev–Trinajstić information content (AvgIpc) is 3.02. The standard InChI is InChI=1S/C23H24N4O2/c1-3-18(14-17-9-5-4-6-10-17)24-22(29)15-26-20-12-8-7-11-19(20)23-25-21(28)13-16(2)27(23)26/h4-13,18H,3,14-15H2,1-2H3,(H,24,29). The molecule has 29 heavy (non-hydrogen) atoms. The van der Waals surface area contributed by atoms with Crippen molar-refractivity contribution in [3.8, 4) is 0 Å². The molecule has 0 bridgehead atoms. The first-order valence-electron chi connectivity index (χ1n) is 9.88. The number of fused-ring (bicyclic) bond motifs is 3. The predicted molar refractivity (Wildman–Crippen MR) is 114 cm³/mol. The molecule has 6 heteroatoms. The van der Waals surface area contributed by atoms with Crippen molar-refractivity contribution in [3.05, 3.63) is 82.3 Å². The van der Waals surface area contributed by atoms with Gasteiger partial charge in [-0.2, -0.15) is 4.98 Å². The molecular formula is C23H24N4O2. The molecular weight excluding hydrogens is 364 g/mol. The van der Waals surface area contributed by atoms with Crippen LogP contribution < -0.4 is 10.9 Å². The lowest BCUT2D eigenvalue weighted by molar-refractivity contribution is -0.122. The Hall–Kier alpha value is -3.41. The Labute approximate surface area is 168 Å². The topological polar surface area (TPSA) is 68.4 Å². The fourth-order valence-electron chi connectivity index (χ4n) is 3.83. The zero-order valence-corrected chi connectivity index (χ0v) is 16.6. The zero-order valence-electron chi connectivity index (χ0n) is 16.6. The number of carbonyl (C=O) groups is 1. The number of aryl methyl sites for hydroxylation is 1. The summed E-state index contributed by atoms with van der Waals surface area (Å²) in [5.41, 5.74) is 3.13. The smallest absolute Gasteiger partial charge is 0.273 e. The van der Waals surface area contributed by atoms with Crippen molar-refractivity contribution in [2.75, 3.05) is 0 Å². The van der Waals surface area contributed by atoms with Crippen LogP contribution in [0.25, 0.3) is 16.6 Å². The minimum absolute atomic E-state index is 0.0615. The lowest BCUT2D eigenvalue weighted by Gasteiger charge is -2.18. The number of nitrogens with one attached hydrogen (secondary N) is 1. The van der Waals surface area contributed by atoms with Crippen molar-refractivity contribution in [1.29, 1.82) is 0 Å². The maximum atomic E-state index is 12.9. The van der Waals surface area contributed by atoms with E-state index in [9.17, 15) is 9.59 Å². The summed E-state index contributed by atoms with van der Waals surface area (Å²) in [7, 11) is 0. The van der Waals surface area contributed by atoms with Crippen LogP contribution in [0.3, 0.4) is 0 Å². The van der Waals surface area contributed by atoms with Gasteiger partial charge in [0.05, 0.1) is 5.52 Å². The molecule has 0 spiro atoms. The Morgan fingerprint density at radius 2 is 1.83 bits per heavy atom. The zero-order chi connectivity index (χ0) is 20.4. The van der Waals surface area contributed by atoms with Gasteiger partial charge in [-0.1, -0.05) is 49.4 Å². The van der Waals surface area contributed by atoms with E-state index >= 15 is 0 Å². The molecule has 4 aromatic rings. The molecule has 0 aliphatic carbocycles. The first-order chi connectivity index (χ1) is 14.1. The van der Waals surface area contributed by atoms with Crippen molar-refractivity contribution in [2.24, 2.45) is 0 Å². The second-order valence-electron chi connectivity index (χ2n) is 7.31. The number of rotatable bonds is 6. The molecule has 1 N–H and O–H groups in total. The van der Waals surface area contributed by atoms with E-state index < -0.39 is 0 Å². The molecule has 0 aliphatic heterocycles. The average molecular weight is 388 g/mol. The second-order valence-corrected chi connectivity index (χ2v) is 7.31. The number of para-hydroxylation sites is 1. The molecule has 0 radical (unpaired) electrons. The van der Waals surface area contributed by atoms with Crippen LogP contribution >= 0.6 is 0 Å². The van der Waals surface area contributed by atoms with Crippen molar-refractivity contribution in [2.45, 2.75) is 39.3 Å². The van der Waals surface area contributed by atoms with Crippen LogP contribution in [0.1, 0.15) is 24.6 Å². The van der Waals surface area contributed by atoms with E-state index in [1.807, 2.05) is 58.6 Å². The molecule has 6 nitrogen and oxygen atoms in total. The quantitative estimate of drug-likeness (QED) is 0.552. The molecule has 148 valence electrons. The van der Waals surface area contributed by atoms with Gasteiger partial charge in [-0.15, -0.1) is 0 Å². The van der Waals surface area contributed by atoms with Gasteiger partial charge in [-0.3, -0.25) is 14.3 Å². The van der Waals surface area contributed by atoms with Gasteiger partial charge in [-0.05, 0) is 37.5 Å². The highest BCUT2D eigenvalue weighted by Gasteiger charge is 2.17. The van der Waals surface area contributed by atoms with E-state index in [4.69, 9.17) is 0 Å². The molecule has 2 heterocycles. The summed E-state index contributed by atoms with van der Waals surface area (Å²) < 4.78 is 3.74. The van der Waals surface area contributed by atoms with Gasteiger partial charge >= 0.3 is 0 Å². The van der Waals surface area contributed by atoms with Gasteiger partial charge in [0.15, 0.2) is 5.65 Å². The Morgan fingerprint density at radius 1 is 1.10 bits per heavy atom. The Bertz CT molecular complexity index is 1220. The first kappa shape index (κ1) is 18.9. The largest absolute Gasteiger partial charge is 0.351 e. The molecule has 0 fully saturated rings. The van der Waals surface area contributed by atoms with E-state index in [0.29, 0.717) is 5.65 Å². The number of nitrogens with zero attached hydrogens (tertiary/aromatic N) is 3. The van der Waals surface area contributed by atoms with E-state index in [2.05, 4.69) is 29.4 Å². The lowest BCUT2D eigenvalue weighted by Crippen LogP contribution is -2.38. The number of aromatic nitrogens is 3. The Balaban J connectivity index is 1.64. The highest BCUT2D eigenvalue weighted by molar-refractivity contribution is 5.93. The highest BCUT2D eigenvalue weighted by Crippen LogP contribution is 2.21. The molecule has 1 amide bonds. The molecule has 0 saturated heterocycles. The molecule has 0 saturated carbocycles. The monoisotopic (exact) mass is 388 g/mol. The van der Waals surface area contributed by atoms with Crippen LogP contribution in [-0.2, 0) is 17.8 Å². The Morgan fingerprint density at radius 3 is 2.59 bits per heavy atom. The summed E-state index contributed by atoms with van der Waals surface area (Å²) in [6.07, 6.45) is 1.64. The third kappa shape index (κ3) is 3.78. The van der Waals surface area contributed by atoms with Crippen LogP contribution in [0.2, 0.25) is 0 Å². The van der Waals surface area contributed by atoms with E-state index in [1.54, 1.807) is 0 Å². The number of amides is 1. The molecule has 4 rings (SSSR count). The minimum Gasteiger partial charge on any atom is -0.351 e. The van der Waals surface area contributed by atoms with Crippen LogP contribution in [-0.4, -0.2) is 26.1 Å². The summed E-state index contributed by atoms with van der Waals surface area (Å²) in [5, 5.41) is 4.02. The number of hydrogen-bond acceptors (Lipinski definition) is 3. The van der Waals surface area contributed by atoms with E-state index in [0.717, 1.165) is 29.4 Å². The van der Waals surface area contributed by atoms with Gasteiger partial charge in [0.25, 0.3) is 5.56 Å². The van der Waals surface area contributed by atoms with Gasteiger partial charge in [0.1, 0.15) is 6.54 Å². The number of benzene rings is 2. The molecule has 1 atom stereocenters. The van der Waals surface area contributed by atoms with Crippen LogP contribution in [0.5, 0.6) is 0 Å². The fourth-order valence-corrected chi connectivity index (χ4v) is 3.83. The van der Waals surface area contributed by atoms with E-state index in [-0.39, 0.29) is 24.1 Å². The fraction of sp³-hybridized carbons (Fsp3) is 0.261. The molecule has 2 aromatic carbocycles. The predicted octanol–water partition coefficient (Wildman–Crippen LogP) is 3.10. The summed E-state index contributed by atoms with van der Waals surface area (Å²) in [6, 6.07) is 19.4. The summed E-state index contributed by atoms with van der Waals surface area (Å²) in [5.74, 6) is -0.0615. The van der Waals surface area contributed by atoms with Crippen LogP contribution in [0.15, 0.2) is 65.5 Å². The maximum absolute atomic E-state index is 12.9. The van der Waals surface area contributed by atoms with Crippen LogP contribution in [0, 0.1) is 6.92 Å². The summed E-state index contributed by atoms with van der Waals surface area (Å²) in [4.78, 5) is 29.0. The maximum Gasteiger partial charge on any atom is 0.273 e. The van der Waals surface area contributed by atoms with Gasteiger partial charge in [0.2, 0.25) is 5.91 Å². The molecule has 2 aromatic heterocycles. The molecule has 0 aliphatic rings. The third-order valence-corrected chi connectivity index (χ3v) is 5.22. The van der Waals surface area contributed by atoms with Crippen LogP contribution in [0.4, 0.5) is 0 Å². The normalized spacial score (nSPS) is 12.3. The van der Waals surface area contributed by atoms with Crippen molar-refractivity contribution >= 4 is 22.5 Å². The molecule has 1 unspecified atom stereocenters. The number of hydrogen-bond donors (Lipinski definition) is 1. The SMILES string of the molecule is CCC(Cc1ccccc1)NC(=O)Cn1c2ccccc2c2nc(=O)cc(C)n21. The summed E-state index contributed by atoms with van der Waals surface area (Å²) >= 11 is 0. The van der Waals surface area contributed by atoms with E-state index in [1.165, 1.54) is 11.6 Å². The van der Waals surface area contributed by atoms with Gasteiger partial charge < -0.3 is 5.32 Å². The van der Waals surface area contributed by atoms with Crippen molar-refractivity contribution in [1.82, 2.24) is 19.5 Å². The van der Waals surface area contributed by atoms with Gasteiger partial charge in [0, 0.05) is 23.2 Å². The van der Waals surface area contributed by atoms with Crippen molar-refractivity contribution < 1.29 is 4.79 Å². The minimum atomic E-state index is -0.274.